The van der Waals surface area contributed by atoms with Crippen molar-refractivity contribution in [1.82, 2.24) is 0 Å². The van der Waals surface area contributed by atoms with Gasteiger partial charge in [0, 0.05) is 6.42 Å². The Labute approximate surface area is 138 Å². The summed E-state index contributed by atoms with van der Waals surface area (Å²) in [7, 11) is 3.08. The second kappa shape index (κ2) is 10.3. The van der Waals surface area contributed by atoms with E-state index in [2.05, 4.69) is 13.8 Å². The third-order valence-corrected chi connectivity index (χ3v) is 3.68. The van der Waals surface area contributed by atoms with Gasteiger partial charge in [0.15, 0.2) is 17.5 Å². The molecule has 0 aliphatic heterocycles. The molecule has 22 heavy (non-hydrogen) atoms. The van der Waals surface area contributed by atoms with Crippen LogP contribution in [0.2, 0.25) is 0 Å². The van der Waals surface area contributed by atoms with Crippen LogP contribution in [-0.4, -0.2) is 39.3 Å². The number of rotatable bonds is 8. The Kier molecular flexibility index (Phi) is 9.61. The van der Waals surface area contributed by atoms with E-state index in [9.17, 15) is 4.79 Å². The summed E-state index contributed by atoms with van der Waals surface area (Å²) in [5.41, 5.74) is 0. The first kappa shape index (κ1) is 20.5. The molecule has 0 saturated heterocycles. The van der Waals surface area contributed by atoms with Crippen molar-refractivity contribution in [3.05, 3.63) is 18.2 Å². The van der Waals surface area contributed by atoms with E-state index < -0.39 is 0 Å². The van der Waals surface area contributed by atoms with Gasteiger partial charge < -0.3 is 31.5 Å². The van der Waals surface area contributed by atoms with Crippen LogP contribution in [0.3, 0.4) is 0 Å². The van der Waals surface area contributed by atoms with Crippen LogP contribution in [0.1, 0.15) is 27.2 Å². The van der Waals surface area contributed by atoms with Gasteiger partial charge in [0.2, 0.25) is 5.75 Å². The van der Waals surface area contributed by atoms with Crippen molar-refractivity contribution in [3.8, 4) is 17.2 Å². The fraction of sp³-hybridized carbons (Fsp3) is 0.562. The Hall–Kier alpha value is -1.46. The van der Waals surface area contributed by atoms with E-state index in [0.717, 1.165) is 19.5 Å². The van der Waals surface area contributed by atoms with Gasteiger partial charge >= 0.3 is 5.97 Å². The van der Waals surface area contributed by atoms with Gasteiger partial charge in [-0.1, -0.05) is 13.0 Å². The summed E-state index contributed by atoms with van der Waals surface area (Å²) in [6.45, 7) is 7.90. The summed E-state index contributed by atoms with van der Waals surface area (Å²) < 4.78 is 16.1. The number of ether oxygens (including phenoxy) is 3. The Morgan fingerprint density at radius 3 is 1.95 bits per heavy atom. The number of halogens is 1. The molecule has 1 unspecified atom stereocenters. The lowest BCUT2D eigenvalue weighted by Crippen LogP contribution is -3.16. The smallest absolute Gasteiger partial charge is 0.370 e. The zero-order valence-corrected chi connectivity index (χ0v) is 14.7. The lowest BCUT2D eigenvalue weighted by molar-refractivity contribution is -0.913. The maximum atomic E-state index is 12.5. The highest BCUT2D eigenvalue weighted by Crippen LogP contribution is 2.36. The van der Waals surface area contributed by atoms with Gasteiger partial charge in [-0.05, 0) is 26.0 Å². The first-order valence-corrected chi connectivity index (χ1v) is 7.40. The van der Waals surface area contributed by atoms with Crippen LogP contribution in [0, 0.1) is 0 Å². The molecule has 0 heterocycles. The molecule has 1 N–H and O–H groups in total. The molecule has 0 radical (unpaired) electrons. The Morgan fingerprint density at radius 2 is 1.59 bits per heavy atom. The predicted molar refractivity (Wildman–Crippen MR) is 81.3 cm³/mol. The number of carbonyl (C=O) groups is 1. The predicted octanol–water partition coefficient (Wildman–Crippen LogP) is -1.68. The molecule has 0 spiro atoms. The molecule has 5 nitrogen and oxygen atoms in total. The average molecular weight is 332 g/mol. The highest BCUT2D eigenvalue weighted by Gasteiger charge is 2.29. The molecule has 1 aromatic carbocycles. The van der Waals surface area contributed by atoms with Crippen LogP contribution < -0.4 is 31.5 Å². The van der Waals surface area contributed by atoms with Gasteiger partial charge in [-0.2, -0.15) is 0 Å². The maximum Gasteiger partial charge on any atom is 0.370 e. The summed E-state index contributed by atoms with van der Waals surface area (Å²) in [5, 5.41) is 0. The average Bonchev–Trinajstić information content (AvgIpc) is 2.52. The van der Waals surface area contributed by atoms with Crippen LogP contribution in [-0.2, 0) is 4.79 Å². The van der Waals surface area contributed by atoms with Crippen molar-refractivity contribution < 1.29 is 36.3 Å². The molecule has 1 aromatic rings. The normalized spacial score (nSPS) is 11.5. The molecule has 0 bridgehead atoms. The van der Waals surface area contributed by atoms with Gasteiger partial charge in [-0.25, -0.2) is 4.79 Å². The molecule has 0 fully saturated rings. The molecule has 1 atom stereocenters. The number of carbonyl (C=O) groups excluding carboxylic acids is 1. The standard InChI is InChI=1S/C16H25NO4.ClH/c1-6-12(17(7-2)8-3)16(18)21-15-13(19-4)10-9-11-14(15)20-5;/h9-12H,6-8H2,1-5H3;1H. The monoisotopic (exact) mass is 331 g/mol. The van der Waals surface area contributed by atoms with Crippen LogP contribution in [0.25, 0.3) is 0 Å². The van der Waals surface area contributed by atoms with E-state index in [1.165, 1.54) is 4.90 Å². The maximum absolute atomic E-state index is 12.5. The van der Waals surface area contributed by atoms with E-state index in [1.807, 2.05) is 6.92 Å². The van der Waals surface area contributed by atoms with Crippen molar-refractivity contribution in [3.63, 3.8) is 0 Å². The number of para-hydroxylation sites is 1. The molecular formula is C16H26ClNO4. The number of hydrogen-bond donors (Lipinski definition) is 1. The molecule has 0 aliphatic rings. The minimum atomic E-state index is -0.251. The van der Waals surface area contributed by atoms with Crippen molar-refractivity contribution in [1.29, 1.82) is 0 Å². The number of hydrogen-bond acceptors (Lipinski definition) is 4. The minimum Gasteiger partial charge on any atom is -1.00 e. The van der Waals surface area contributed by atoms with E-state index in [1.54, 1.807) is 32.4 Å². The molecule has 0 saturated carbocycles. The topological polar surface area (TPSA) is 49.2 Å². The van der Waals surface area contributed by atoms with Crippen molar-refractivity contribution in [2.75, 3.05) is 27.3 Å². The summed E-state index contributed by atoms with van der Waals surface area (Å²) >= 11 is 0. The highest BCUT2D eigenvalue weighted by molar-refractivity contribution is 5.78. The lowest BCUT2D eigenvalue weighted by Gasteiger charge is -2.24. The second-order valence-electron chi connectivity index (χ2n) is 4.74. The van der Waals surface area contributed by atoms with Gasteiger partial charge in [-0.3, -0.25) is 0 Å². The van der Waals surface area contributed by atoms with E-state index >= 15 is 0 Å². The summed E-state index contributed by atoms with van der Waals surface area (Å²) in [5.74, 6) is 1.08. The second-order valence-corrected chi connectivity index (χ2v) is 4.74. The van der Waals surface area contributed by atoms with Crippen molar-refractivity contribution in [2.24, 2.45) is 0 Å². The van der Waals surface area contributed by atoms with Gasteiger partial charge in [0.25, 0.3) is 0 Å². The third-order valence-electron chi connectivity index (χ3n) is 3.68. The lowest BCUT2D eigenvalue weighted by atomic mass is 10.2. The molecule has 6 heteroatoms. The van der Waals surface area contributed by atoms with Gasteiger partial charge in [0.05, 0.1) is 27.3 Å². The number of quaternary nitrogens is 1. The molecule has 126 valence electrons. The molecule has 0 aromatic heterocycles. The zero-order chi connectivity index (χ0) is 15.8. The van der Waals surface area contributed by atoms with Crippen LogP contribution in [0.15, 0.2) is 18.2 Å². The third kappa shape index (κ3) is 4.78. The molecular weight excluding hydrogens is 306 g/mol. The van der Waals surface area contributed by atoms with Crippen molar-refractivity contribution in [2.45, 2.75) is 33.2 Å². The molecule has 1 rings (SSSR count). The quantitative estimate of drug-likeness (QED) is 0.456. The number of methoxy groups -OCH3 is 2. The molecule has 0 aliphatic carbocycles. The Morgan fingerprint density at radius 1 is 1.09 bits per heavy atom. The number of nitrogens with one attached hydrogen (secondary N) is 1. The van der Waals surface area contributed by atoms with Crippen LogP contribution in [0.4, 0.5) is 0 Å². The number of likely N-dealkylation sites (N-methyl/N-ethyl adjacent to an activating group) is 1. The van der Waals surface area contributed by atoms with Crippen molar-refractivity contribution >= 4 is 5.97 Å². The first-order chi connectivity index (χ1) is 10.1. The highest BCUT2D eigenvalue weighted by atomic mass is 35.5. The summed E-state index contributed by atoms with van der Waals surface area (Å²) in [4.78, 5) is 13.7. The summed E-state index contributed by atoms with van der Waals surface area (Å²) in [6.07, 6.45) is 0.729. The Balaban J connectivity index is 0.00000441. The molecule has 0 amide bonds. The first-order valence-electron chi connectivity index (χ1n) is 7.40. The number of benzene rings is 1. The van der Waals surface area contributed by atoms with E-state index in [-0.39, 0.29) is 24.4 Å². The Bertz CT molecular complexity index is 441. The fourth-order valence-electron chi connectivity index (χ4n) is 2.45. The van der Waals surface area contributed by atoms with Gasteiger partial charge in [0.1, 0.15) is 0 Å². The van der Waals surface area contributed by atoms with Crippen LogP contribution in [0.5, 0.6) is 17.2 Å². The fourth-order valence-corrected chi connectivity index (χ4v) is 2.45. The van der Waals surface area contributed by atoms with E-state index in [4.69, 9.17) is 14.2 Å². The zero-order valence-electron chi connectivity index (χ0n) is 13.9. The largest absolute Gasteiger partial charge is 1.00 e. The van der Waals surface area contributed by atoms with E-state index in [0.29, 0.717) is 17.2 Å². The van der Waals surface area contributed by atoms with Crippen LogP contribution >= 0.6 is 0 Å². The van der Waals surface area contributed by atoms with Gasteiger partial charge in [-0.15, -0.1) is 0 Å². The minimum absolute atomic E-state index is 0. The number of esters is 1. The summed E-state index contributed by atoms with van der Waals surface area (Å²) in [6, 6.07) is 5.10. The SMILES string of the molecule is CCC(C(=O)Oc1c(OC)cccc1OC)[NH+](CC)CC.[Cl-].